The topological polar surface area (TPSA) is 70.8 Å². The molecular formula is C15H32N4O2. The van der Waals surface area contributed by atoms with Gasteiger partial charge in [-0.05, 0) is 41.7 Å². The summed E-state index contributed by atoms with van der Waals surface area (Å²) < 4.78 is 5.26. The van der Waals surface area contributed by atoms with Crippen molar-refractivity contribution >= 4 is 6.09 Å². The fourth-order valence-corrected chi connectivity index (χ4v) is 2.47. The van der Waals surface area contributed by atoms with Crippen molar-refractivity contribution in [1.29, 1.82) is 0 Å². The second kappa shape index (κ2) is 6.94. The van der Waals surface area contributed by atoms with Gasteiger partial charge in [0.15, 0.2) is 0 Å². The first-order valence-electron chi connectivity index (χ1n) is 7.67. The van der Waals surface area contributed by atoms with Crippen LogP contribution in [0.2, 0.25) is 0 Å². The highest BCUT2D eigenvalue weighted by Crippen LogP contribution is 2.20. The fraction of sp³-hybridized carbons (Fsp3) is 0.933. The van der Waals surface area contributed by atoms with Crippen LogP contribution in [0.3, 0.4) is 0 Å². The molecule has 1 heterocycles. The Morgan fingerprint density at radius 1 is 1.38 bits per heavy atom. The van der Waals surface area contributed by atoms with Gasteiger partial charge in [0.2, 0.25) is 0 Å². The van der Waals surface area contributed by atoms with E-state index < -0.39 is 5.60 Å². The second-order valence-corrected chi connectivity index (χ2v) is 7.48. The molecule has 124 valence electrons. The lowest BCUT2D eigenvalue weighted by atomic mass is 9.98. The molecule has 0 bridgehead atoms. The third-order valence-electron chi connectivity index (χ3n) is 4.02. The van der Waals surface area contributed by atoms with Gasteiger partial charge in [0.1, 0.15) is 5.60 Å². The van der Waals surface area contributed by atoms with Crippen molar-refractivity contribution < 1.29 is 9.53 Å². The number of rotatable bonds is 4. The smallest absolute Gasteiger partial charge is 0.407 e. The van der Waals surface area contributed by atoms with Gasteiger partial charge in [-0.3, -0.25) is 9.80 Å². The van der Waals surface area contributed by atoms with Crippen molar-refractivity contribution in [3.63, 3.8) is 0 Å². The zero-order chi connectivity index (χ0) is 16.3. The maximum absolute atomic E-state index is 11.7. The van der Waals surface area contributed by atoms with Gasteiger partial charge in [-0.25, -0.2) is 4.79 Å². The van der Waals surface area contributed by atoms with Gasteiger partial charge in [-0.15, -0.1) is 0 Å². The number of alkyl carbamates (subject to hydrolysis) is 1. The van der Waals surface area contributed by atoms with Crippen LogP contribution in [0, 0.1) is 0 Å². The minimum Gasteiger partial charge on any atom is -0.444 e. The summed E-state index contributed by atoms with van der Waals surface area (Å²) in [6.07, 6.45) is -0.380. The Balaban J connectivity index is 2.50. The molecule has 0 saturated carbocycles. The van der Waals surface area contributed by atoms with E-state index in [1.807, 2.05) is 20.8 Å². The molecule has 3 N–H and O–H groups in total. The van der Waals surface area contributed by atoms with Crippen molar-refractivity contribution in [3.05, 3.63) is 0 Å². The van der Waals surface area contributed by atoms with Gasteiger partial charge >= 0.3 is 6.09 Å². The number of ether oxygens (including phenoxy) is 1. The molecule has 0 aromatic carbocycles. The summed E-state index contributed by atoms with van der Waals surface area (Å²) in [6, 6.07) is 0.144. The number of nitrogens with two attached hydrogens (primary N) is 1. The summed E-state index contributed by atoms with van der Waals surface area (Å²) in [6.45, 7) is 14.0. The molecule has 1 fully saturated rings. The van der Waals surface area contributed by atoms with E-state index >= 15 is 0 Å². The van der Waals surface area contributed by atoms with Crippen LogP contribution < -0.4 is 11.1 Å². The highest BCUT2D eigenvalue weighted by molar-refractivity contribution is 5.67. The van der Waals surface area contributed by atoms with E-state index in [1.54, 1.807) is 0 Å². The molecule has 1 unspecified atom stereocenters. The highest BCUT2D eigenvalue weighted by atomic mass is 16.6. The monoisotopic (exact) mass is 300 g/mol. The van der Waals surface area contributed by atoms with E-state index in [4.69, 9.17) is 10.5 Å². The standard InChI is InChI=1S/C15H32N4O2/c1-14(2,3)21-13(20)17-10-12(9-16)19-8-7-18(6)15(4,5)11-19/h12H,7-11,16H2,1-6H3,(H,17,20). The summed E-state index contributed by atoms with van der Waals surface area (Å²) in [7, 11) is 2.15. The van der Waals surface area contributed by atoms with Crippen LogP contribution in [0.5, 0.6) is 0 Å². The predicted octanol–water partition coefficient (Wildman–Crippen LogP) is 0.864. The normalized spacial score (nSPS) is 21.9. The van der Waals surface area contributed by atoms with E-state index in [2.05, 4.69) is 36.0 Å². The Hall–Kier alpha value is -0.850. The zero-order valence-corrected chi connectivity index (χ0v) is 14.4. The third kappa shape index (κ3) is 5.80. The maximum atomic E-state index is 11.7. The molecule has 0 aromatic rings. The molecule has 21 heavy (non-hydrogen) atoms. The van der Waals surface area contributed by atoms with Crippen LogP contribution in [0.25, 0.3) is 0 Å². The Labute approximate surface area is 129 Å². The third-order valence-corrected chi connectivity index (χ3v) is 4.02. The SMILES string of the molecule is CN1CCN(C(CN)CNC(=O)OC(C)(C)C)CC1(C)C. The molecule has 1 aliphatic heterocycles. The molecule has 1 atom stereocenters. The summed E-state index contributed by atoms with van der Waals surface area (Å²) in [5.41, 5.74) is 5.54. The van der Waals surface area contributed by atoms with E-state index in [9.17, 15) is 4.79 Å². The highest BCUT2D eigenvalue weighted by Gasteiger charge is 2.33. The summed E-state index contributed by atoms with van der Waals surface area (Å²) in [5, 5.41) is 2.83. The molecule has 0 spiro atoms. The van der Waals surface area contributed by atoms with Crippen LogP contribution in [0.15, 0.2) is 0 Å². The van der Waals surface area contributed by atoms with Crippen molar-refractivity contribution in [3.8, 4) is 0 Å². The lowest BCUT2D eigenvalue weighted by Crippen LogP contribution is -2.62. The average molecular weight is 300 g/mol. The zero-order valence-electron chi connectivity index (χ0n) is 14.4. The number of nitrogens with zero attached hydrogens (tertiary/aromatic N) is 2. The Bertz CT molecular complexity index is 352. The first-order chi connectivity index (χ1) is 9.55. The average Bonchev–Trinajstić information content (AvgIpc) is 2.31. The number of carbonyl (C=O) groups excluding carboxylic acids is 1. The fourth-order valence-electron chi connectivity index (χ4n) is 2.47. The van der Waals surface area contributed by atoms with Crippen molar-refractivity contribution in [2.75, 3.05) is 39.8 Å². The van der Waals surface area contributed by atoms with Gasteiger partial charge in [0.25, 0.3) is 0 Å². The minimum atomic E-state index is -0.474. The van der Waals surface area contributed by atoms with Gasteiger partial charge in [0.05, 0.1) is 0 Å². The van der Waals surface area contributed by atoms with Crippen LogP contribution in [-0.2, 0) is 4.74 Å². The molecule has 1 aliphatic rings. The largest absolute Gasteiger partial charge is 0.444 e. The van der Waals surface area contributed by atoms with Crippen molar-refractivity contribution in [2.45, 2.75) is 51.8 Å². The number of hydrogen-bond acceptors (Lipinski definition) is 5. The van der Waals surface area contributed by atoms with E-state index in [1.165, 1.54) is 0 Å². The lowest BCUT2D eigenvalue weighted by molar-refractivity contribution is 0.0163. The maximum Gasteiger partial charge on any atom is 0.407 e. The number of likely N-dealkylation sites (N-methyl/N-ethyl adjacent to an activating group) is 1. The molecule has 6 heteroatoms. The molecule has 1 amide bonds. The first-order valence-corrected chi connectivity index (χ1v) is 7.67. The molecule has 1 rings (SSSR count). The molecular weight excluding hydrogens is 268 g/mol. The summed E-state index contributed by atoms with van der Waals surface area (Å²) in [5.74, 6) is 0. The van der Waals surface area contributed by atoms with Crippen molar-refractivity contribution in [2.24, 2.45) is 5.73 Å². The van der Waals surface area contributed by atoms with E-state index in [-0.39, 0.29) is 17.7 Å². The molecule has 0 aromatic heterocycles. The molecule has 0 radical (unpaired) electrons. The van der Waals surface area contributed by atoms with Crippen LogP contribution >= 0.6 is 0 Å². The summed E-state index contributed by atoms with van der Waals surface area (Å²) >= 11 is 0. The molecule has 1 saturated heterocycles. The van der Waals surface area contributed by atoms with Gasteiger partial charge in [0, 0.05) is 44.3 Å². The predicted molar refractivity (Wildman–Crippen MR) is 85.4 cm³/mol. The number of carbonyl (C=O) groups is 1. The minimum absolute atomic E-state index is 0.123. The number of nitrogens with one attached hydrogen (secondary N) is 1. The molecule has 6 nitrogen and oxygen atoms in total. The van der Waals surface area contributed by atoms with E-state index in [0.29, 0.717) is 13.1 Å². The van der Waals surface area contributed by atoms with Crippen LogP contribution in [-0.4, -0.2) is 72.8 Å². The first kappa shape index (κ1) is 18.2. The van der Waals surface area contributed by atoms with E-state index in [0.717, 1.165) is 19.6 Å². The van der Waals surface area contributed by atoms with Crippen LogP contribution in [0.1, 0.15) is 34.6 Å². The Morgan fingerprint density at radius 2 is 2.00 bits per heavy atom. The lowest BCUT2D eigenvalue weighted by Gasteiger charge is -2.47. The van der Waals surface area contributed by atoms with Gasteiger partial charge < -0.3 is 15.8 Å². The molecule has 0 aliphatic carbocycles. The van der Waals surface area contributed by atoms with Gasteiger partial charge in [-0.2, -0.15) is 0 Å². The Morgan fingerprint density at radius 3 is 2.48 bits per heavy atom. The summed E-state index contributed by atoms with van der Waals surface area (Å²) in [4.78, 5) is 16.5. The number of amides is 1. The quantitative estimate of drug-likeness (QED) is 0.806. The number of hydrogen-bond donors (Lipinski definition) is 2. The van der Waals surface area contributed by atoms with Gasteiger partial charge in [-0.1, -0.05) is 0 Å². The number of piperazine rings is 1. The van der Waals surface area contributed by atoms with Crippen LogP contribution in [0.4, 0.5) is 4.79 Å². The van der Waals surface area contributed by atoms with Crippen molar-refractivity contribution in [1.82, 2.24) is 15.1 Å². The Kier molecular flexibility index (Phi) is 6.01. The second-order valence-electron chi connectivity index (χ2n) is 7.48.